The molecule has 0 heterocycles. The molecule has 0 bridgehead atoms. The highest BCUT2D eigenvalue weighted by molar-refractivity contribution is 5.85. The van der Waals surface area contributed by atoms with Gasteiger partial charge in [-0.1, -0.05) is 43.7 Å². The third kappa shape index (κ3) is 6.29. The van der Waals surface area contributed by atoms with E-state index in [4.69, 9.17) is 5.73 Å². The monoisotopic (exact) mass is 256 g/mol. The smallest absolute Gasteiger partial charge is 0.236 e. The first-order chi connectivity index (χ1) is 7.74. The lowest BCUT2D eigenvalue weighted by Crippen LogP contribution is -2.41. The molecule has 3 N–H and O–H groups in total. The molecule has 1 aromatic carbocycles. The van der Waals surface area contributed by atoms with Crippen molar-refractivity contribution < 1.29 is 4.79 Å². The van der Waals surface area contributed by atoms with E-state index in [1.165, 1.54) is 5.56 Å². The zero-order valence-corrected chi connectivity index (χ0v) is 11.0. The molecule has 0 aliphatic heterocycles. The van der Waals surface area contributed by atoms with Crippen LogP contribution in [0.3, 0.4) is 0 Å². The molecule has 0 aliphatic carbocycles. The Kier molecular flexibility index (Phi) is 8.46. The summed E-state index contributed by atoms with van der Waals surface area (Å²) in [6, 6.07) is 9.73. The van der Waals surface area contributed by atoms with Gasteiger partial charge in [0.25, 0.3) is 0 Å². The summed E-state index contributed by atoms with van der Waals surface area (Å²) in [5, 5.41) is 2.85. The summed E-state index contributed by atoms with van der Waals surface area (Å²) in [5.41, 5.74) is 6.92. The van der Waals surface area contributed by atoms with Crippen LogP contribution < -0.4 is 11.1 Å². The van der Waals surface area contributed by atoms with Crippen LogP contribution >= 0.6 is 12.4 Å². The molecule has 0 aromatic heterocycles. The predicted molar refractivity (Wildman–Crippen MR) is 73.3 cm³/mol. The second kappa shape index (κ2) is 9.02. The second-order valence-corrected chi connectivity index (χ2v) is 3.92. The second-order valence-electron chi connectivity index (χ2n) is 3.92. The van der Waals surface area contributed by atoms with E-state index in [0.29, 0.717) is 6.54 Å². The number of nitrogens with two attached hydrogens (primary N) is 1. The third-order valence-electron chi connectivity index (χ3n) is 2.49. The van der Waals surface area contributed by atoms with Crippen LogP contribution in [-0.4, -0.2) is 18.5 Å². The van der Waals surface area contributed by atoms with Crippen molar-refractivity contribution in [3.63, 3.8) is 0 Å². The first-order valence-corrected chi connectivity index (χ1v) is 5.81. The van der Waals surface area contributed by atoms with Crippen molar-refractivity contribution in [1.29, 1.82) is 0 Å². The van der Waals surface area contributed by atoms with E-state index in [1.54, 1.807) is 0 Å². The van der Waals surface area contributed by atoms with Crippen LogP contribution in [0, 0.1) is 0 Å². The van der Waals surface area contributed by atoms with Gasteiger partial charge < -0.3 is 11.1 Å². The summed E-state index contributed by atoms with van der Waals surface area (Å²) in [5.74, 6) is -0.0437. The van der Waals surface area contributed by atoms with Crippen LogP contribution in [0.4, 0.5) is 0 Å². The number of amides is 1. The Morgan fingerprint density at radius 1 is 1.35 bits per heavy atom. The Hall–Kier alpha value is -1.06. The van der Waals surface area contributed by atoms with E-state index in [9.17, 15) is 4.79 Å². The third-order valence-corrected chi connectivity index (χ3v) is 2.49. The Morgan fingerprint density at radius 3 is 2.59 bits per heavy atom. The van der Waals surface area contributed by atoms with Gasteiger partial charge in [-0.3, -0.25) is 4.79 Å². The average molecular weight is 257 g/mol. The minimum absolute atomic E-state index is 0. The SMILES string of the molecule is CCCC(N)C(=O)NCCc1ccccc1.Cl. The molecule has 0 saturated carbocycles. The summed E-state index contributed by atoms with van der Waals surface area (Å²) in [6.45, 7) is 2.68. The van der Waals surface area contributed by atoms with Crippen LogP contribution in [0.1, 0.15) is 25.3 Å². The van der Waals surface area contributed by atoms with Crippen molar-refractivity contribution in [3.05, 3.63) is 35.9 Å². The van der Waals surface area contributed by atoms with Crippen LogP contribution in [-0.2, 0) is 11.2 Å². The largest absolute Gasteiger partial charge is 0.354 e. The molecule has 1 amide bonds. The van der Waals surface area contributed by atoms with Crippen molar-refractivity contribution >= 4 is 18.3 Å². The number of carbonyl (C=O) groups is 1. The normalized spacial score (nSPS) is 11.4. The minimum atomic E-state index is -0.360. The van der Waals surface area contributed by atoms with E-state index in [-0.39, 0.29) is 24.4 Å². The zero-order valence-electron chi connectivity index (χ0n) is 10.2. The summed E-state index contributed by atoms with van der Waals surface area (Å²) < 4.78 is 0. The molecule has 4 heteroatoms. The van der Waals surface area contributed by atoms with Gasteiger partial charge in [0.1, 0.15) is 0 Å². The first kappa shape index (κ1) is 15.9. The van der Waals surface area contributed by atoms with Crippen LogP contribution in [0.15, 0.2) is 30.3 Å². The molecule has 0 aliphatic rings. The van der Waals surface area contributed by atoms with Crippen LogP contribution in [0.25, 0.3) is 0 Å². The quantitative estimate of drug-likeness (QED) is 0.817. The van der Waals surface area contributed by atoms with Crippen molar-refractivity contribution in [2.45, 2.75) is 32.2 Å². The standard InChI is InChI=1S/C13H20N2O.ClH/c1-2-6-12(14)13(16)15-10-9-11-7-4-3-5-8-11;/h3-5,7-8,12H,2,6,9-10,14H2,1H3,(H,15,16);1H. The maximum absolute atomic E-state index is 11.5. The lowest BCUT2D eigenvalue weighted by Gasteiger charge is -2.10. The van der Waals surface area contributed by atoms with Gasteiger partial charge in [-0.25, -0.2) is 0 Å². The maximum atomic E-state index is 11.5. The molecular formula is C13H21ClN2O. The number of halogens is 1. The Bertz CT molecular complexity index is 316. The maximum Gasteiger partial charge on any atom is 0.236 e. The summed E-state index contributed by atoms with van der Waals surface area (Å²) in [7, 11) is 0. The number of benzene rings is 1. The van der Waals surface area contributed by atoms with Gasteiger partial charge in [0, 0.05) is 6.54 Å². The average Bonchev–Trinajstić information content (AvgIpc) is 2.30. The summed E-state index contributed by atoms with van der Waals surface area (Å²) in [6.07, 6.45) is 2.54. The molecular weight excluding hydrogens is 236 g/mol. The van der Waals surface area contributed by atoms with E-state index < -0.39 is 0 Å². The van der Waals surface area contributed by atoms with Gasteiger partial charge >= 0.3 is 0 Å². The van der Waals surface area contributed by atoms with Crippen molar-refractivity contribution in [2.24, 2.45) is 5.73 Å². The number of nitrogens with one attached hydrogen (secondary N) is 1. The molecule has 1 atom stereocenters. The Labute approximate surface area is 109 Å². The van der Waals surface area contributed by atoms with E-state index in [0.717, 1.165) is 19.3 Å². The number of hydrogen-bond donors (Lipinski definition) is 2. The van der Waals surface area contributed by atoms with E-state index in [2.05, 4.69) is 17.4 Å². The fourth-order valence-electron chi connectivity index (χ4n) is 1.55. The van der Waals surface area contributed by atoms with Gasteiger partial charge in [-0.15, -0.1) is 12.4 Å². The van der Waals surface area contributed by atoms with E-state index in [1.807, 2.05) is 25.1 Å². The van der Waals surface area contributed by atoms with Gasteiger partial charge in [-0.2, -0.15) is 0 Å². The molecule has 1 unspecified atom stereocenters. The number of rotatable bonds is 6. The molecule has 0 saturated heterocycles. The highest BCUT2D eigenvalue weighted by Gasteiger charge is 2.10. The first-order valence-electron chi connectivity index (χ1n) is 5.81. The van der Waals surface area contributed by atoms with Gasteiger partial charge in [0.2, 0.25) is 5.91 Å². The molecule has 0 radical (unpaired) electrons. The Balaban J connectivity index is 0.00000256. The highest BCUT2D eigenvalue weighted by Crippen LogP contribution is 1.98. The molecule has 96 valence electrons. The van der Waals surface area contributed by atoms with Gasteiger partial charge in [-0.05, 0) is 18.4 Å². The Morgan fingerprint density at radius 2 is 2.00 bits per heavy atom. The van der Waals surface area contributed by atoms with Crippen molar-refractivity contribution in [1.82, 2.24) is 5.32 Å². The topological polar surface area (TPSA) is 55.1 Å². The predicted octanol–water partition coefficient (Wildman–Crippen LogP) is 1.89. The molecule has 3 nitrogen and oxygen atoms in total. The lowest BCUT2D eigenvalue weighted by molar-refractivity contribution is -0.122. The molecule has 1 rings (SSSR count). The van der Waals surface area contributed by atoms with E-state index >= 15 is 0 Å². The van der Waals surface area contributed by atoms with Gasteiger partial charge in [0.15, 0.2) is 0 Å². The molecule has 0 spiro atoms. The summed E-state index contributed by atoms with van der Waals surface area (Å²) >= 11 is 0. The zero-order chi connectivity index (χ0) is 11.8. The lowest BCUT2D eigenvalue weighted by atomic mass is 10.1. The fraction of sp³-hybridized carbons (Fsp3) is 0.462. The number of hydrogen-bond acceptors (Lipinski definition) is 2. The van der Waals surface area contributed by atoms with Crippen molar-refractivity contribution in [3.8, 4) is 0 Å². The van der Waals surface area contributed by atoms with Crippen molar-refractivity contribution in [2.75, 3.05) is 6.54 Å². The minimum Gasteiger partial charge on any atom is -0.354 e. The van der Waals surface area contributed by atoms with Crippen LogP contribution in [0.5, 0.6) is 0 Å². The summed E-state index contributed by atoms with van der Waals surface area (Å²) in [4.78, 5) is 11.5. The fourth-order valence-corrected chi connectivity index (χ4v) is 1.55. The van der Waals surface area contributed by atoms with Crippen LogP contribution in [0.2, 0.25) is 0 Å². The molecule has 0 fully saturated rings. The molecule has 17 heavy (non-hydrogen) atoms. The number of carbonyl (C=O) groups excluding carboxylic acids is 1. The highest BCUT2D eigenvalue weighted by atomic mass is 35.5. The van der Waals surface area contributed by atoms with Gasteiger partial charge in [0.05, 0.1) is 6.04 Å². The molecule has 1 aromatic rings.